The van der Waals surface area contributed by atoms with E-state index >= 15 is 0 Å². The second-order valence-corrected chi connectivity index (χ2v) is 5.44. The van der Waals surface area contributed by atoms with Crippen LogP contribution in [0, 0.1) is 18.6 Å². The third-order valence-corrected chi connectivity index (χ3v) is 3.71. The predicted molar refractivity (Wildman–Crippen MR) is 92.0 cm³/mol. The van der Waals surface area contributed by atoms with Crippen molar-refractivity contribution in [1.29, 1.82) is 0 Å². The fraction of sp³-hybridized carbons (Fsp3) is 0.0556. The molecule has 126 valence electrons. The maximum Gasteiger partial charge on any atom is 0.280 e. The van der Waals surface area contributed by atoms with Gasteiger partial charge in [-0.15, -0.1) is 0 Å². The number of benzene rings is 2. The van der Waals surface area contributed by atoms with E-state index in [1.165, 1.54) is 37.3 Å². The van der Waals surface area contributed by atoms with Gasteiger partial charge in [-0.05, 0) is 31.2 Å². The van der Waals surface area contributed by atoms with Crippen molar-refractivity contribution in [2.75, 3.05) is 0 Å². The van der Waals surface area contributed by atoms with Crippen LogP contribution in [0.1, 0.15) is 16.1 Å². The molecule has 0 radical (unpaired) electrons. The molecule has 0 unspecified atom stereocenters. The van der Waals surface area contributed by atoms with Crippen LogP contribution in [0.3, 0.4) is 0 Å². The molecule has 0 saturated heterocycles. The summed E-state index contributed by atoms with van der Waals surface area (Å²) in [5.41, 5.74) is 11.3. The number of hydrogen-bond acceptors (Lipinski definition) is 2. The molecule has 2 aromatic carbocycles. The summed E-state index contributed by atoms with van der Waals surface area (Å²) in [6.45, 7) is 1.50. The number of hydrogen-bond donors (Lipinski definition) is 2. The number of aromatic nitrogens is 1. The van der Waals surface area contributed by atoms with E-state index in [4.69, 9.17) is 11.5 Å². The summed E-state index contributed by atoms with van der Waals surface area (Å²) in [4.78, 5) is 19.6. The number of rotatable bonds is 2. The highest BCUT2D eigenvalue weighted by Crippen LogP contribution is 2.34. The first kappa shape index (κ1) is 16.5. The van der Waals surface area contributed by atoms with Gasteiger partial charge in [-0.25, -0.2) is 8.78 Å². The van der Waals surface area contributed by atoms with Gasteiger partial charge in [0.15, 0.2) is 11.8 Å². The van der Waals surface area contributed by atoms with Gasteiger partial charge in [-0.2, -0.15) is 4.99 Å². The zero-order chi connectivity index (χ0) is 18.1. The number of nitrogens with zero attached hydrogens (tertiary/aromatic N) is 2. The molecule has 0 bridgehead atoms. The van der Waals surface area contributed by atoms with Crippen LogP contribution in [0.25, 0.3) is 22.0 Å². The smallest absolute Gasteiger partial charge is 0.280 e. The van der Waals surface area contributed by atoms with E-state index in [1.807, 2.05) is 0 Å². The van der Waals surface area contributed by atoms with Crippen LogP contribution in [0.4, 0.5) is 8.78 Å². The van der Waals surface area contributed by atoms with E-state index in [1.54, 1.807) is 12.1 Å². The molecule has 1 heterocycles. The molecule has 0 aliphatic heterocycles. The standard InChI is InChI=1S/C18H14F2N4O/c1-9-16(20)15(11-4-2-3-5-13(11)19)12-8-10(6-7-14(12)23-9)17(25)24-18(21)22/h2-8H,1H3,(H4,21,22,24,25). The van der Waals surface area contributed by atoms with Gasteiger partial charge in [0.2, 0.25) is 0 Å². The van der Waals surface area contributed by atoms with Crippen molar-refractivity contribution in [2.45, 2.75) is 6.92 Å². The van der Waals surface area contributed by atoms with E-state index in [2.05, 4.69) is 9.98 Å². The molecule has 5 nitrogen and oxygen atoms in total. The van der Waals surface area contributed by atoms with Gasteiger partial charge in [0, 0.05) is 22.1 Å². The Kier molecular flexibility index (Phi) is 4.14. The van der Waals surface area contributed by atoms with Gasteiger partial charge in [0.1, 0.15) is 5.82 Å². The van der Waals surface area contributed by atoms with Crippen LogP contribution in [-0.2, 0) is 0 Å². The number of fused-ring (bicyclic) bond motifs is 1. The lowest BCUT2D eigenvalue weighted by atomic mass is 9.97. The summed E-state index contributed by atoms with van der Waals surface area (Å²) >= 11 is 0. The molecule has 1 amide bonds. The topological polar surface area (TPSA) is 94.4 Å². The van der Waals surface area contributed by atoms with Crippen LogP contribution >= 0.6 is 0 Å². The molecule has 0 fully saturated rings. The quantitative estimate of drug-likeness (QED) is 0.554. The number of aryl methyl sites for hydroxylation is 1. The summed E-state index contributed by atoms with van der Waals surface area (Å²) < 4.78 is 29.0. The Morgan fingerprint density at radius 1 is 1.12 bits per heavy atom. The average molecular weight is 340 g/mol. The van der Waals surface area contributed by atoms with Crippen LogP contribution in [0.15, 0.2) is 47.5 Å². The number of aliphatic imine (C=N–C) groups is 1. The number of amides is 1. The predicted octanol–water partition coefficient (Wildman–Crippen LogP) is 2.90. The maximum absolute atomic E-state index is 14.8. The largest absolute Gasteiger partial charge is 0.370 e. The molecule has 1 aromatic heterocycles. The average Bonchev–Trinajstić information content (AvgIpc) is 2.56. The highest BCUT2D eigenvalue weighted by molar-refractivity contribution is 6.06. The van der Waals surface area contributed by atoms with E-state index in [0.29, 0.717) is 10.9 Å². The Labute approximate surface area is 142 Å². The lowest BCUT2D eigenvalue weighted by molar-refractivity contribution is 0.100. The number of carbonyl (C=O) groups excluding carboxylic acids is 1. The van der Waals surface area contributed by atoms with Gasteiger partial charge in [0.25, 0.3) is 5.91 Å². The van der Waals surface area contributed by atoms with Crippen LogP contribution in [0.5, 0.6) is 0 Å². The van der Waals surface area contributed by atoms with Crippen LogP contribution in [0.2, 0.25) is 0 Å². The molecule has 25 heavy (non-hydrogen) atoms. The molecular formula is C18H14F2N4O. The lowest BCUT2D eigenvalue weighted by Gasteiger charge is -2.12. The fourth-order valence-electron chi connectivity index (χ4n) is 2.60. The van der Waals surface area contributed by atoms with E-state index in [-0.39, 0.29) is 28.3 Å². The summed E-state index contributed by atoms with van der Waals surface area (Å²) in [6, 6.07) is 10.3. The minimum absolute atomic E-state index is 0.0416. The zero-order valence-electron chi connectivity index (χ0n) is 13.3. The molecule has 7 heteroatoms. The Morgan fingerprint density at radius 3 is 2.52 bits per heavy atom. The molecule has 0 atom stereocenters. The fourth-order valence-corrected chi connectivity index (χ4v) is 2.60. The van der Waals surface area contributed by atoms with E-state index < -0.39 is 17.5 Å². The van der Waals surface area contributed by atoms with Gasteiger partial charge in [-0.1, -0.05) is 18.2 Å². The van der Waals surface area contributed by atoms with Crippen molar-refractivity contribution >= 4 is 22.8 Å². The number of carbonyl (C=O) groups is 1. The molecule has 0 aliphatic rings. The van der Waals surface area contributed by atoms with Crippen molar-refractivity contribution in [3.63, 3.8) is 0 Å². The summed E-state index contributed by atoms with van der Waals surface area (Å²) in [7, 11) is 0. The molecule has 3 aromatic rings. The van der Waals surface area contributed by atoms with E-state index in [0.717, 1.165) is 0 Å². The summed E-state index contributed by atoms with van der Waals surface area (Å²) in [5.74, 6) is -2.28. The minimum Gasteiger partial charge on any atom is -0.370 e. The highest BCUT2D eigenvalue weighted by atomic mass is 19.1. The van der Waals surface area contributed by atoms with Gasteiger partial charge >= 0.3 is 0 Å². The molecule has 0 spiro atoms. The number of halogens is 2. The Bertz CT molecular complexity index is 1030. The SMILES string of the molecule is Cc1nc2ccc(C(=O)N=C(N)N)cc2c(-c2ccccc2F)c1F. The Balaban J connectivity index is 2.34. The van der Waals surface area contributed by atoms with Crippen LogP contribution < -0.4 is 11.5 Å². The molecule has 0 saturated carbocycles. The van der Waals surface area contributed by atoms with Crippen molar-refractivity contribution in [3.05, 3.63) is 65.4 Å². The van der Waals surface area contributed by atoms with Gasteiger partial charge in [0.05, 0.1) is 11.2 Å². The maximum atomic E-state index is 14.8. The second-order valence-electron chi connectivity index (χ2n) is 5.44. The number of guanidine groups is 1. The third-order valence-electron chi connectivity index (χ3n) is 3.71. The first-order valence-corrected chi connectivity index (χ1v) is 7.37. The Morgan fingerprint density at radius 2 is 1.84 bits per heavy atom. The first-order valence-electron chi connectivity index (χ1n) is 7.37. The molecular weight excluding hydrogens is 326 g/mol. The lowest BCUT2D eigenvalue weighted by Crippen LogP contribution is -2.24. The van der Waals surface area contributed by atoms with Gasteiger partial charge in [-0.3, -0.25) is 9.78 Å². The van der Waals surface area contributed by atoms with Crippen molar-refractivity contribution in [2.24, 2.45) is 16.5 Å². The number of pyridine rings is 1. The minimum atomic E-state index is -0.678. The molecule has 4 N–H and O–H groups in total. The normalized spacial score (nSPS) is 10.7. The Hall–Kier alpha value is -3.35. The first-order chi connectivity index (χ1) is 11.9. The second kappa shape index (κ2) is 6.27. The van der Waals surface area contributed by atoms with Crippen molar-refractivity contribution in [1.82, 2.24) is 4.98 Å². The van der Waals surface area contributed by atoms with Crippen molar-refractivity contribution < 1.29 is 13.6 Å². The van der Waals surface area contributed by atoms with E-state index in [9.17, 15) is 13.6 Å². The number of nitrogens with two attached hydrogens (primary N) is 2. The van der Waals surface area contributed by atoms with Crippen molar-refractivity contribution in [3.8, 4) is 11.1 Å². The monoisotopic (exact) mass is 340 g/mol. The molecule has 3 rings (SSSR count). The molecule has 0 aliphatic carbocycles. The van der Waals surface area contributed by atoms with Crippen LogP contribution in [-0.4, -0.2) is 16.9 Å². The summed E-state index contributed by atoms with van der Waals surface area (Å²) in [5, 5.41) is 0.296. The highest BCUT2D eigenvalue weighted by Gasteiger charge is 2.18. The zero-order valence-corrected chi connectivity index (χ0v) is 13.3. The summed E-state index contributed by atoms with van der Waals surface area (Å²) in [6.07, 6.45) is 0. The van der Waals surface area contributed by atoms with Gasteiger partial charge < -0.3 is 11.5 Å². The third kappa shape index (κ3) is 3.03.